The summed E-state index contributed by atoms with van der Waals surface area (Å²) in [7, 11) is 0. The van der Waals surface area contributed by atoms with Gasteiger partial charge in [-0.15, -0.1) is 0 Å². The fourth-order valence-corrected chi connectivity index (χ4v) is 8.91. The maximum Gasteiger partial charge on any atom is 0.302 e. The number of carbonyl (C=O) groups excluding carboxylic acids is 1. The van der Waals surface area contributed by atoms with Gasteiger partial charge in [0.05, 0.1) is 6.10 Å². The van der Waals surface area contributed by atoms with E-state index in [1.54, 1.807) is 12.5 Å². The van der Waals surface area contributed by atoms with Gasteiger partial charge in [-0.05, 0) is 104 Å². The van der Waals surface area contributed by atoms with Crippen molar-refractivity contribution >= 4 is 5.97 Å². The average Bonchev–Trinajstić information content (AvgIpc) is 3.08. The van der Waals surface area contributed by atoms with Crippen LogP contribution < -0.4 is 0 Å². The predicted octanol–water partition coefficient (Wildman–Crippen LogP) is 6.93. The molecular weight excluding hydrogens is 396 g/mol. The summed E-state index contributed by atoms with van der Waals surface area (Å²) in [6.45, 7) is 13.4. The van der Waals surface area contributed by atoms with Gasteiger partial charge in [0.2, 0.25) is 0 Å². The van der Waals surface area contributed by atoms with Gasteiger partial charge in [0.25, 0.3) is 0 Å². The van der Waals surface area contributed by atoms with Crippen molar-refractivity contribution in [3.63, 3.8) is 0 Å². The number of carbonyl (C=O) groups is 1. The molecular formula is C29H48O3. The van der Waals surface area contributed by atoms with Crippen LogP contribution in [-0.2, 0) is 9.53 Å². The van der Waals surface area contributed by atoms with Crippen molar-refractivity contribution in [2.75, 3.05) is 0 Å². The van der Waals surface area contributed by atoms with Crippen LogP contribution in [-0.4, -0.2) is 23.3 Å². The van der Waals surface area contributed by atoms with Crippen molar-refractivity contribution in [2.45, 2.75) is 118 Å². The summed E-state index contributed by atoms with van der Waals surface area (Å²) in [6.07, 6.45) is 14.5. The van der Waals surface area contributed by atoms with Gasteiger partial charge in [0.1, 0.15) is 6.10 Å². The van der Waals surface area contributed by atoms with Crippen LogP contribution >= 0.6 is 0 Å². The second-order valence-electron chi connectivity index (χ2n) is 12.8. The zero-order valence-electron chi connectivity index (χ0n) is 21.5. The lowest BCUT2D eigenvalue weighted by Gasteiger charge is -2.58. The molecule has 9 atom stereocenters. The maximum absolute atomic E-state index is 11.5. The van der Waals surface area contributed by atoms with E-state index in [9.17, 15) is 9.90 Å². The lowest BCUT2D eigenvalue weighted by Crippen LogP contribution is -2.51. The largest absolute Gasteiger partial charge is 0.462 e. The zero-order valence-corrected chi connectivity index (χ0v) is 21.5. The van der Waals surface area contributed by atoms with E-state index in [0.29, 0.717) is 22.7 Å². The Bertz CT molecular complexity index is 726. The summed E-state index contributed by atoms with van der Waals surface area (Å²) in [5.41, 5.74) is 2.37. The lowest BCUT2D eigenvalue weighted by atomic mass is 9.47. The fraction of sp³-hybridized carbons (Fsp3) is 0.897. The van der Waals surface area contributed by atoms with E-state index < -0.39 is 0 Å². The molecule has 0 aromatic heterocycles. The molecule has 182 valence electrons. The molecule has 3 fully saturated rings. The summed E-state index contributed by atoms with van der Waals surface area (Å²) >= 11 is 0. The third-order valence-corrected chi connectivity index (χ3v) is 10.8. The molecule has 1 N–H and O–H groups in total. The number of hydrogen-bond donors (Lipinski definition) is 1. The molecule has 0 aliphatic heterocycles. The Morgan fingerprint density at radius 3 is 2.53 bits per heavy atom. The number of allylic oxidation sites excluding steroid dienone is 1. The normalized spacial score (nSPS) is 43.0. The Labute approximate surface area is 196 Å². The first kappa shape index (κ1) is 24.3. The van der Waals surface area contributed by atoms with Crippen molar-refractivity contribution in [2.24, 2.45) is 46.3 Å². The third kappa shape index (κ3) is 4.21. The van der Waals surface area contributed by atoms with Gasteiger partial charge in [0.15, 0.2) is 0 Å². The fourth-order valence-electron chi connectivity index (χ4n) is 8.91. The van der Waals surface area contributed by atoms with E-state index in [2.05, 4.69) is 40.7 Å². The second kappa shape index (κ2) is 9.08. The molecule has 0 heterocycles. The Hall–Kier alpha value is -0.830. The second-order valence-corrected chi connectivity index (χ2v) is 12.8. The number of aliphatic hydroxyl groups excluding tert-OH is 1. The first-order valence-electron chi connectivity index (χ1n) is 13.6. The SMILES string of the molecule is CC(=O)O[C@H]1CC[C@@]2(C)C(=CC[C@H]3[C@@H]4CC[C@H]([C@H](C)CC[C@@H](O)C(C)C)[C@@]4(C)CC[C@@H]32)C1. The van der Waals surface area contributed by atoms with E-state index >= 15 is 0 Å². The van der Waals surface area contributed by atoms with E-state index in [0.717, 1.165) is 42.9 Å². The highest BCUT2D eigenvalue weighted by atomic mass is 16.5. The van der Waals surface area contributed by atoms with Crippen molar-refractivity contribution in [3.05, 3.63) is 11.6 Å². The summed E-state index contributed by atoms with van der Waals surface area (Å²) < 4.78 is 5.60. The van der Waals surface area contributed by atoms with Gasteiger partial charge in [-0.2, -0.15) is 0 Å². The van der Waals surface area contributed by atoms with Gasteiger partial charge in [-0.3, -0.25) is 4.79 Å². The van der Waals surface area contributed by atoms with Crippen LogP contribution in [0.1, 0.15) is 106 Å². The zero-order chi connectivity index (χ0) is 23.3. The van der Waals surface area contributed by atoms with E-state index in [1.165, 1.54) is 44.9 Å². The van der Waals surface area contributed by atoms with Crippen molar-refractivity contribution in [1.82, 2.24) is 0 Å². The van der Waals surface area contributed by atoms with Crippen LogP contribution in [0.15, 0.2) is 11.6 Å². The van der Waals surface area contributed by atoms with E-state index in [4.69, 9.17) is 4.74 Å². The average molecular weight is 445 g/mol. The summed E-state index contributed by atoms with van der Waals surface area (Å²) in [5.74, 6) is 4.23. The highest BCUT2D eigenvalue weighted by molar-refractivity contribution is 5.66. The van der Waals surface area contributed by atoms with Crippen LogP contribution in [0.2, 0.25) is 0 Å². The molecule has 0 radical (unpaired) electrons. The van der Waals surface area contributed by atoms with Gasteiger partial charge < -0.3 is 9.84 Å². The van der Waals surface area contributed by atoms with E-state index in [-0.39, 0.29) is 18.2 Å². The summed E-state index contributed by atoms with van der Waals surface area (Å²) in [5, 5.41) is 10.3. The van der Waals surface area contributed by atoms with Gasteiger partial charge in [-0.25, -0.2) is 0 Å². The smallest absolute Gasteiger partial charge is 0.302 e. The monoisotopic (exact) mass is 444 g/mol. The van der Waals surface area contributed by atoms with Crippen LogP contribution in [0.4, 0.5) is 0 Å². The van der Waals surface area contributed by atoms with Crippen molar-refractivity contribution in [3.8, 4) is 0 Å². The summed E-state index contributed by atoms with van der Waals surface area (Å²) in [4.78, 5) is 11.5. The number of hydrogen-bond acceptors (Lipinski definition) is 3. The maximum atomic E-state index is 11.5. The molecule has 0 amide bonds. The Morgan fingerprint density at radius 1 is 1.09 bits per heavy atom. The first-order valence-corrected chi connectivity index (χ1v) is 13.6. The van der Waals surface area contributed by atoms with Crippen LogP contribution in [0.5, 0.6) is 0 Å². The first-order chi connectivity index (χ1) is 15.1. The predicted molar refractivity (Wildman–Crippen MR) is 130 cm³/mol. The minimum Gasteiger partial charge on any atom is -0.462 e. The molecule has 0 unspecified atom stereocenters. The molecule has 0 aromatic carbocycles. The topological polar surface area (TPSA) is 46.5 Å². The molecule has 3 heteroatoms. The van der Waals surface area contributed by atoms with Crippen molar-refractivity contribution in [1.29, 1.82) is 0 Å². The highest BCUT2D eigenvalue weighted by Crippen LogP contribution is 2.67. The van der Waals surface area contributed by atoms with Crippen LogP contribution in [0.25, 0.3) is 0 Å². The Balaban J connectivity index is 1.46. The Kier molecular flexibility index (Phi) is 6.90. The van der Waals surface area contributed by atoms with Crippen molar-refractivity contribution < 1.29 is 14.6 Å². The molecule has 3 nitrogen and oxygen atoms in total. The highest BCUT2D eigenvalue weighted by Gasteiger charge is 2.59. The number of ether oxygens (including phenoxy) is 1. The molecule has 4 aliphatic rings. The molecule has 0 spiro atoms. The van der Waals surface area contributed by atoms with Gasteiger partial charge >= 0.3 is 5.97 Å². The standard InChI is InChI=1S/C29H48O3/c1-18(2)27(31)12-7-19(3)24-10-11-25-23-9-8-21-17-22(32-20(4)30)13-15-28(21,5)26(23)14-16-29(24,25)6/h8,18-19,22-27,31H,7,9-17H2,1-6H3/t19-,22+,23+,24-,25+,26+,27-,28+,29-/m1/s1. The number of fused-ring (bicyclic) bond motifs is 5. The minimum absolute atomic E-state index is 0.0927. The molecule has 3 saturated carbocycles. The number of aliphatic hydroxyl groups is 1. The molecule has 0 bridgehead atoms. The van der Waals surface area contributed by atoms with Crippen LogP contribution in [0, 0.1) is 46.3 Å². The van der Waals surface area contributed by atoms with Gasteiger partial charge in [0, 0.05) is 13.3 Å². The minimum atomic E-state index is -0.151. The third-order valence-electron chi connectivity index (χ3n) is 10.8. The molecule has 32 heavy (non-hydrogen) atoms. The molecule has 0 saturated heterocycles. The lowest BCUT2D eigenvalue weighted by molar-refractivity contribution is -0.148. The molecule has 4 aliphatic carbocycles. The quantitative estimate of drug-likeness (QED) is 0.357. The summed E-state index contributed by atoms with van der Waals surface area (Å²) in [6, 6.07) is 0. The molecule has 4 rings (SSSR count). The van der Waals surface area contributed by atoms with Crippen LogP contribution in [0.3, 0.4) is 0 Å². The number of esters is 1. The number of rotatable bonds is 6. The van der Waals surface area contributed by atoms with Gasteiger partial charge in [-0.1, -0.05) is 46.3 Å². The Morgan fingerprint density at radius 2 is 1.84 bits per heavy atom. The van der Waals surface area contributed by atoms with E-state index in [1.807, 2.05) is 0 Å². The molecule has 0 aromatic rings.